The molecule has 1 aromatic rings. The van der Waals surface area contributed by atoms with Gasteiger partial charge in [-0.3, -0.25) is 4.79 Å². The molecule has 4 fully saturated rings. The van der Waals surface area contributed by atoms with Crippen LogP contribution in [0.25, 0.3) is 0 Å². The first-order chi connectivity index (χ1) is 13.4. The minimum absolute atomic E-state index is 0.0930. The van der Waals surface area contributed by atoms with Crippen molar-refractivity contribution in [3.8, 4) is 0 Å². The summed E-state index contributed by atoms with van der Waals surface area (Å²) < 4.78 is 1.16. The van der Waals surface area contributed by atoms with Crippen LogP contribution < -0.4 is 5.56 Å². The minimum Gasteiger partial charge on any atom is -0.268 e. The molecule has 0 amide bonds. The third-order valence-electron chi connectivity index (χ3n) is 9.96. The first kappa shape index (κ1) is 19.2. The molecule has 3 heteroatoms. The van der Waals surface area contributed by atoms with E-state index in [1.165, 1.54) is 69.8 Å². The fourth-order valence-corrected chi connectivity index (χ4v) is 8.72. The largest absolute Gasteiger partial charge is 0.268 e. The molecule has 0 aromatic carbocycles. The van der Waals surface area contributed by atoms with Gasteiger partial charge in [0, 0.05) is 24.0 Å². The van der Waals surface area contributed by atoms with E-state index in [2.05, 4.69) is 13.8 Å². The Morgan fingerprint density at radius 1 is 1.07 bits per heavy atom. The Bertz CT molecular complexity index is 802. The number of hydrogen-bond acceptors (Lipinski definition) is 1. The molecule has 5 rings (SSSR count). The summed E-state index contributed by atoms with van der Waals surface area (Å²) in [6.45, 7) is 5.27. The highest BCUT2D eigenvalue weighted by Crippen LogP contribution is 2.66. The van der Waals surface area contributed by atoms with E-state index in [-0.39, 0.29) is 5.56 Å². The van der Waals surface area contributed by atoms with E-state index in [9.17, 15) is 4.79 Å². The smallest absolute Gasteiger partial charge is 0.265 e. The summed E-state index contributed by atoms with van der Waals surface area (Å²) in [5.41, 5.74) is 2.26. The topological polar surface area (TPSA) is 22.0 Å². The molecule has 154 valence electrons. The van der Waals surface area contributed by atoms with Crippen LogP contribution in [0.15, 0.2) is 23.1 Å². The van der Waals surface area contributed by atoms with Crippen LogP contribution in [0.2, 0.25) is 0 Å². The third kappa shape index (κ3) is 3.01. The van der Waals surface area contributed by atoms with Crippen LogP contribution in [0, 0.1) is 40.4 Å². The molecule has 0 radical (unpaired) electrons. The molecule has 4 aliphatic carbocycles. The van der Waals surface area contributed by atoms with Gasteiger partial charge in [0.15, 0.2) is 0 Å². The van der Waals surface area contributed by atoms with Crippen LogP contribution in [-0.4, -0.2) is 4.09 Å². The highest BCUT2D eigenvalue weighted by molar-refractivity contribution is 6.15. The van der Waals surface area contributed by atoms with Crippen molar-refractivity contribution in [2.45, 2.75) is 84.5 Å². The lowest BCUT2D eigenvalue weighted by Crippen LogP contribution is -2.53. The van der Waals surface area contributed by atoms with Crippen molar-refractivity contribution >= 4 is 11.8 Å². The number of fused-ring (bicyclic) bond motifs is 5. The van der Waals surface area contributed by atoms with Gasteiger partial charge in [-0.2, -0.15) is 0 Å². The van der Waals surface area contributed by atoms with Gasteiger partial charge in [-0.05, 0) is 116 Å². The molecular weight excluding hydrogens is 366 g/mol. The first-order valence-electron chi connectivity index (χ1n) is 11.8. The Hall–Kier alpha value is -0.760. The molecule has 1 aromatic heterocycles. The molecule has 28 heavy (non-hydrogen) atoms. The summed E-state index contributed by atoms with van der Waals surface area (Å²) in [6, 6.07) is 3.78. The highest BCUT2D eigenvalue weighted by Gasteiger charge is 2.57. The van der Waals surface area contributed by atoms with Crippen LogP contribution in [0.3, 0.4) is 0 Å². The summed E-state index contributed by atoms with van der Waals surface area (Å²) in [4.78, 5) is 11.9. The maximum absolute atomic E-state index is 11.9. The second-order valence-electron chi connectivity index (χ2n) is 11.3. The van der Waals surface area contributed by atoms with Crippen molar-refractivity contribution < 1.29 is 0 Å². The lowest BCUT2D eigenvalue weighted by Gasteiger charge is -2.61. The van der Waals surface area contributed by atoms with E-state index in [0.29, 0.717) is 10.8 Å². The summed E-state index contributed by atoms with van der Waals surface area (Å²) in [5, 5.41) is 0. The molecule has 0 saturated heterocycles. The van der Waals surface area contributed by atoms with Gasteiger partial charge in [-0.1, -0.05) is 20.3 Å². The third-order valence-corrected chi connectivity index (χ3v) is 10.2. The molecule has 0 bridgehead atoms. The summed E-state index contributed by atoms with van der Waals surface area (Å²) >= 11 is 5.87. The summed E-state index contributed by atoms with van der Waals surface area (Å²) in [6.07, 6.45) is 17.2. The van der Waals surface area contributed by atoms with E-state index < -0.39 is 0 Å². The van der Waals surface area contributed by atoms with Crippen LogP contribution in [0.1, 0.15) is 83.6 Å². The van der Waals surface area contributed by atoms with Gasteiger partial charge in [-0.25, -0.2) is 4.09 Å². The summed E-state index contributed by atoms with van der Waals surface area (Å²) in [7, 11) is 0. The fraction of sp³-hybridized carbons (Fsp3) is 0.800. The number of halogens is 1. The maximum atomic E-state index is 11.9. The standard InChI is InChI=1S/C25H36ClNO/c1-24-11-3-4-21(24)20-8-7-19-6-5-18(16-25(19,2)22(20)9-12-24)14-17-10-13-27(26)23(28)15-17/h10,13,15,18-22H,3-9,11-12,14,16H2,1-2H3/t18?,19?,20-,21-,22+,24-,25-/m0/s1. The molecule has 0 aliphatic heterocycles. The van der Waals surface area contributed by atoms with Gasteiger partial charge in [0.1, 0.15) is 0 Å². The van der Waals surface area contributed by atoms with Crippen LogP contribution >= 0.6 is 11.8 Å². The molecule has 0 spiro atoms. The highest BCUT2D eigenvalue weighted by atomic mass is 35.5. The number of pyridine rings is 1. The van der Waals surface area contributed by atoms with Crippen LogP contribution in [-0.2, 0) is 6.42 Å². The van der Waals surface area contributed by atoms with Crippen LogP contribution in [0.5, 0.6) is 0 Å². The van der Waals surface area contributed by atoms with Crippen molar-refractivity contribution in [1.29, 1.82) is 0 Å². The average Bonchev–Trinajstić information content (AvgIpc) is 3.06. The second kappa shape index (κ2) is 6.89. The van der Waals surface area contributed by atoms with Crippen molar-refractivity contribution in [2.24, 2.45) is 40.4 Å². The van der Waals surface area contributed by atoms with Crippen molar-refractivity contribution in [2.75, 3.05) is 0 Å². The molecule has 2 unspecified atom stereocenters. The SMILES string of the molecule is C[C@@]12CCC[C@H]1[C@@H]1CCC3CCC(Cc4ccn(Cl)c(=O)c4)C[C@]3(C)[C@@H]1CC2. The first-order valence-corrected chi connectivity index (χ1v) is 12.1. The van der Waals surface area contributed by atoms with Gasteiger partial charge >= 0.3 is 0 Å². The van der Waals surface area contributed by atoms with Crippen molar-refractivity contribution in [3.63, 3.8) is 0 Å². The number of rotatable bonds is 2. The Kier molecular flexibility index (Phi) is 4.73. The predicted molar refractivity (Wildman–Crippen MR) is 115 cm³/mol. The lowest BCUT2D eigenvalue weighted by molar-refractivity contribution is -0.113. The van der Waals surface area contributed by atoms with Gasteiger partial charge in [0.2, 0.25) is 0 Å². The molecule has 4 aliphatic rings. The van der Waals surface area contributed by atoms with Crippen LogP contribution in [0.4, 0.5) is 0 Å². The average molecular weight is 402 g/mol. The monoisotopic (exact) mass is 401 g/mol. The van der Waals surface area contributed by atoms with E-state index in [0.717, 1.165) is 40.1 Å². The second-order valence-corrected chi connectivity index (χ2v) is 11.6. The van der Waals surface area contributed by atoms with E-state index in [1.807, 2.05) is 6.07 Å². The number of aromatic nitrogens is 1. The normalized spacial score (nSPS) is 45.2. The van der Waals surface area contributed by atoms with Crippen molar-refractivity contribution in [3.05, 3.63) is 34.2 Å². The molecule has 0 N–H and O–H groups in total. The van der Waals surface area contributed by atoms with Gasteiger partial charge in [-0.15, -0.1) is 0 Å². The Balaban J connectivity index is 1.36. The zero-order chi connectivity index (χ0) is 19.5. The Morgan fingerprint density at radius 2 is 1.89 bits per heavy atom. The summed E-state index contributed by atoms with van der Waals surface area (Å²) in [5.74, 6) is 4.59. The van der Waals surface area contributed by atoms with Gasteiger partial charge in [0.05, 0.1) is 0 Å². The van der Waals surface area contributed by atoms with E-state index >= 15 is 0 Å². The molecule has 4 saturated carbocycles. The molecule has 1 heterocycles. The fourth-order valence-electron chi connectivity index (χ4n) is 8.62. The zero-order valence-corrected chi connectivity index (χ0v) is 18.4. The van der Waals surface area contributed by atoms with Gasteiger partial charge in [0.25, 0.3) is 5.56 Å². The Morgan fingerprint density at radius 3 is 2.71 bits per heavy atom. The molecular formula is C25H36ClNO. The van der Waals surface area contributed by atoms with E-state index in [4.69, 9.17) is 11.8 Å². The minimum atomic E-state index is -0.0930. The van der Waals surface area contributed by atoms with E-state index in [1.54, 1.807) is 12.3 Å². The van der Waals surface area contributed by atoms with Crippen molar-refractivity contribution in [1.82, 2.24) is 4.09 Å². The number of hydrogen-bond donors (Lipinski definition) is 0. The molecule has 2 nitrogen and oxygen atoms in total. The maximum Gasteiger partial charge on any atom is 0.265 e. The molecule has 7 atom stereocenters. The predicted octanol–water partition coefficient (Wildman–Crippen LogP) is 6.44. The number of nitrogens with zero attached hydrogens (tertiary/aromatic N) is 1. The zero-order valence-electron chi connectivity index (χ0n) is 17.6. The lowest BCUT2D eigenvalue weighted by atomic mass is 9.44. The van der Waals surface area contributed by atoms with Gasteiger partial charge < -0.3 is 0 Å². The quantitative estimate of drug-likeness (QED) is 0.558. The Labute approximate surface area is 175 Å².